The molecule has 0 spiro atoms. The highest BCUT2D eigenvalue weighted by Gasteiger charge is 2.25. The summed E-state index contributed by atoms with van der Waals surface area (Å²) in [5, 5.41) is 13.4. The maximum absolute atomic E-state index is 10.0. The van der Waals surface area contributed by atoms with Crippen LogP contribution in [-0.2, 0) is 4.74 Å². The van der Waals surface area contributed by atoms with Gasteiger partial charge in [0.1, 0.15) is 0 Å². The molecule has 0 radical (unpaired) electrons. The fourth-order valence-electron chi connectivity index (χ4n) is 3.35. The lowest BCUT2D eigenvalue weighted by Crippen LogP contribution is -2.36. The Labute approximate surface area is 128 Å². The summed E-state index contributed by atoms with van der Waals surface area (Å²) >= 11 is 2.05. The van der Waals surface area contributed by atoms with Crippen molar-refractivity contribution in [1.29, 1.82) is 0 Å². The number of ether oxygens (including phenoxy) is 1. The van der Waals surface area contributed by atoms with Crippen molar-refractivity contribution in [2.45, 2.75) is 57.7 Å². The molecule has 0 amide bonds. The summed E-state index contributed by atoms with van der Waals surface area (Å²) in [5.74, 6) is 4.09. The fourth-order valence-corrected chi connectivity index (χ4v) is 4.64. The van der Waals surface area contributed by atoms with Gasteiger partial charge in [0, 0.05) is 6.54 Å². The van der Waals surface area contributed by atoms with E-state index >= 15 is 0 Å². The molecule has 0 bridgehead atoms. The first kappa shape index (κ1) is 16.6. The molecule has 1 saturated heterocycles. The second-order valence-electron chi connectivity index (χ2n) is 6.37. The van der Waals surface area contributed by atoms with Crippen LogP contribution in [0.3, 0.4) is 0 Å². The molecule has 2 rings (SSSR count). The van der Waals surface area contributed by atoms with Crippen molar-refractivity contribution in [3.8, 4) is 0 Å². The molecule has 118 valence electrons. The Hall–Kier alpha value is 0.230. The summed E-state index contributed by atoms with van der Waals surface area (Å²) in [7, 11) is 0. The monoisotopic (exact) mass is 301 g/mol. The SMILES string of the molecule is CCC1CCCCC1OCC(O)CNCC1CCSC1. The van der Waals surface area contributed by atoms with Gasteiger partial charge in [-0.2, -0.15) is 11.8 Å². The molecule has 4 atom stereocenters. The second kappa shape index (κ2) is 9.29. The molecule has 1 saturated carbocycles. The Balaban J connectivity index is 1.55. The van der Waals surface area contributed by atoms with E-state index in [1.807, 2.05) is 11.8 Å². The Morgan fingerprint density at radius 3 is 2.90 bits per heavy atom. The van der Waals surface area contributed by atoms with E-state index in [9.17, 15) is 5.11 Å². The topological polar surface area (TPSA) is 41.5 Å². The maximum Gasteiger partial charge on any atom is 0.0897 e. The second-order valence-corrected chi connectivity index (χ2v) is 7.52. The standard InChI is InChI=1S/C16H31NO2S/c1-2-14-5-3-4-6-16(14)19-11-15(18)10-17-9-13-7-8-20-12-13/h13-18H,2-12H2,1H3. The van der Waals surface area contributed by atoms with Crippen LogP contribution in [0.2, 0.25) is 0 Å². The van der Waals surface area contributed by atoms with Crippen molar-refractivity contribution in [1.82, 2.24) is 5.32 Å². The predicted molar refractivity (Wildman–Crippen MR) is 86.3 cm³/mol. The minimum Gasteiger partial charge on any atom is -0.389 e. The van der Waals surface area contributed by atoms with Gasteiger partial charge in [0.2, 0.25) is 0 Å². The smallest absolute Gasteiger partial charge is 0.0897 e. The Bertz CT molecular complexity index is 259. The van der Waals surface area contributed by atoms with Crippen LogP contribution in [-0.4, -0.2) is 48.5 Å². The molecule has 20 heavy (non-hydrogen) atoms. The van der Waals surface area contributed by atoms with E-state index in [0.29, 0.717) is 25.2 Å². The van der Waals surface area contributed by atoms with Crippen molar-refractivity contribution in [2.24, 2.45) is 11.8 Å². The third-order valence-electron chi connectivity index (χ3n) is 4.70. The van der Waals surface area contributed by atoms with Crippen molar-refractivity contribution >= 4 is 11.8 Å². The molecule has 1 heterocycles. The summed E-state index contributed by atoms with van der Waals surface area (Å²) in [5.41, 5.74) is 0. The zero-order valence-corrected chi connectivity index (χ0v) is 13.7. The van der Waals surface area contributed by atoms with E-state index < -0.39 is 0 Å². The van der Waals surface area contributed by atoms with Crippen molar-refractivity contribution in [2.75, 3.05) is 31.2 Å². The zero-order chi connectivity index (χ0) is 14.2. The van der Waals surface area contributed by atoms with Gasteiger partial charge < -0.3 is 15.2 Å². The lowest BCUT2D eigenvalue weighted by atomic mass is 9.85. The summed E-state index contributed by atoms with van der Waals surface area (Å²) in [6, 6.07) is 0. The lowest BCUT2D eigenvalue weighted by Gasteiger charge is -2.31. The van der Waals surface area contributed by atoms with E-state index in [1.165, 1.54) is 50.0 Å². The first-order valence-corrected chi connectivity index (χ1v) is 9.53. The maximum atomic E-state index is 10.0. The molecule has 4 heteroatoms. The van der Waals surface area contributed by atoms with Gasteiger partial charge in [0.15, 0.2) is 0 Å². The normalized spacial score (nSPS) is 32.4. The minimum absolute atomic E-state index is 0.358. The average molecular weight is 301 g/mol. The van der Waals surface area contributed by atoms with E-state index in [-0.39, 0.29) is 6.10 Å². The van der Waals surface area contributed by atoms with Gasteiger partial charge in [0.05, 0.1) is 18.8 Å². The summed E-state index contributed by atoms with van der Waals surface area (Å²) < 4.78 is 5.98. The van der Waals surface area contributed by atoms with E-state index in [4.69, 9.17) is 4.74 Å². The molecule has 4 unspecified atom stereocenters. The number of nitrogens with one attached hydrogen (secondary N) is 1. The van der Waals surface area contributed by atoms with E-state index in [2.05, 4.69) is 12.2 Å². The van der Waals surface area contributed by atoms with Crippen LogP contribution in [0.1, 0.15) is 45.4 Å². The van der Waals surface area contributed by atoms with Crippen LogP contribution in [0.5, 0.6) is 0 Å². The molecule has 2 aliphatic rings. The quantitative estimate of drug-likeness (QED) is 0.723. The number of hydrogen-bond acceptors (Lipinski definition) is 4. The third-order valence-corrected chi connectivity index (χ3v) is 5.93. The van der Waals surface area contributed by atoms with Crippen molar-refractivity contribution < 1.29 is 9.84 Å². The third kappa shape index (κ3) is 5.55. The van der Waals surface area contributed by atoms with Gasteiger partial charge in [-0.25, -0.2) is 0 Å². The summed E-state index contributed by atoms with van der Waals surface area (Å²) in [6.45, 7) is 4.47. The Morgan fingerprint density at radius 2 is 2.15 bits per heavy atom. The first-order valence-electron chi connectivity index (χ1n) is 8.37. The van der Waals surface area contributed by atoms with Crippen LogP contribution in [0.4, 0.5) is 0 Å². The van der Waals surface area contributed by atoms with Crippen LogP contribution < -0.4 is 5.32 Å². The van der Waals surface area contributed by atoms with Gasteiger partial charge in [0.25, 0.3) is 0 Å². The van der Waals surface area contributed by atoms with Crippen LogP contribution >= 0.6 is 11.8 Å². The van der Waals surface area contributed by atoms with Gasteiger partial charge in [-0.1, -0.05) is 26.2 Å². The molecule has 0 aromatic heterocycles. The highest BCUT2D eigenvalue weighted by atomic mass is 32.2. The average Bonchev–Trinajstić information content (AvgIpc) is 2.98. The molecule has 2 N–H and O–H groups in total. The molecular weight excluding hydrogens is 270 g/mol. The lowest BCUT2D eigenvalue weighted by molar-refractivity contribution is -0.0499. The highest BCUT2D eigenvalue weighted by molar-refractivity contribution is 7.99. The van der Waals surface area contributed by atoms with Crippen molar-refractivity contribution in [3.05, 3.63) is 0 Å². The molecule has 2 fully saturated rings. The highest BCUT2D eigenvalue weighted by Crippen LogP contribution is 2.29. The minimum atomic E-state index is -0.358. The van der Waals surface area contributed by atoms with E-state index in [0.717, 1.165) is 12.5 Å². The molecule has 3 nitrogen and oxygen atoms in total. The number of aliphatic hydroxyl groups excluding tert-OH is 1. The Kier molecular flexibility index (Phi) is 7.71. The van der Waals surface area contributed by atoms with Crippen LogP contribution in [0, 0.1) is 11.8 Å². The number of thioether (sulfide) groups is 1. The van der Waals surface area contributed by atoms with E-state index in [1.54, 1.807) is 0 Å². The molecule has 0 aromatic carbocycles. The zero-order valence-electron chi connectivity index (χ0n) is 12.9. The summed E-state index contributed by atoms with van der Waals surface area (Å²) in [6.07, 6.45) is 7.67. The molecule has 1 aliphatic carbocycles. The van der Waals surface area contributed by atoms with Crippen LogP contribution in [0.15, 0.2) is 0 Å². The number of aliphatic hydroxyl groups is 1. The summed E-state index contributed by atoms with van der Waals surface area (Å²) in [4.78, 5) is 0. The largest absolute Gasteiger partial charge is 0.389 e. The predicted octanol–water partition coefficient (Wildman–Crippen LogP) is 2.68. The van der Waals surface area contributed by atoms with Crippen molar-refractivity contribution in [3.63, 3.8) is 0 Å². The van der Waals surface area contributed by atoms with Gasteiger partial charge in [-0.05, 0) is 49.1 Å². The molecular formula is C16H31NO2S. The van der Waals surface area contributed by atoms with Gasteiger partial charge >= 0.3 is 0 Å². The fraction of sp³-hybridized carbons (Fsp3) is 1.00. The molecule has 0 aromatic rings. The first-order chi connectivity index (χ1) is 9.79. The molecule has 1 aliphatic heterocycles. The Morgan fingerprint density at radius 1 is 1.30 bits per heavy atom. The van der Waals surface area contributed by atoms with Gasteiger partial charge in [-0.15, -0.1) is 0 Å². The van der Waals surface area contributed by atoms with Crippen LogP contribution in [0.25, 0.3) is 0 Å². The number of hydrogen-bond donors (Lipinski definition) is 2. The van der Waals surface area contributed by atoms with Gasteiger partial charge in [-0.3, -0.25) is 0 Å². The number of rotatable bonds is 8.